The fraction of sp³-hybridized carbons (Fsp3) is 0.900. The average Bonchev–Trinajstić information content (AvgIpc) is 2.01. The molecule has 14 heavy (non-hydrogen) atoms. The van der Waals surface area contributed by atoms with Crippen LogP contribution in [0.3, 0.4) is 0 Å². The molecule has 1 saturated heterocycles. The number of aliphatic hydroxyl groups is 1. The van der Waals surface area contributed by atoms with E-state index in [1.165, 1.54) is 0 Å². The Morgan fingerprint density at radius 3 is 2.43 bits per heavy atom. The minimum Gasteiger partial charge on any atom is -0.392 e. The van der Waals surface area contributed by atoms with Gasteiger partial charge in [-0.15, -0.1) is 0 Å². The second-order valence-corrected chi connectivity index (χ2v) is 4.27. The molecule has 1 aliphatic heterocycles. The van der Waals surface area contributed by atoms with Crippen LogP contribution in [0.15, 0.2) is 0 Å². The molecule has 4 heteroatoms. The molecule has 1 fully saturated rings. The van der Waals surface area contributed by atoms with E-state index in [1.54, 1.807) is 6.92 Å². The van der Waals surface area contributed by atoms with E-state index in [4.69, 9.17) is 0 Å². The lowest BCUT2D eigenvalue weighted by Crippen LogP contribution is -2.53. The molecule has 0 aromatic heterocycles. The van der Waals surface area contributed by atoms with Crippen molar-refractivity contribution >= 4 is 5.91 Å². The number of hydrogen-bond donors (Lipinski definition) is 1. The molecule has 0 aromatic carbocycles. The molecule has 0 saturated carbocycles. The fourth-order valence-corrected chi connectivity index (χ4v) is 1.81. The highest BCUT2D eigenvalue weighted by molar-refractivity contribution is 5.79. The van der Waals surface area contributed by atoms with Crippen LogP contribution in [0.25, 0.3) is 0 Å². The van der Waals surface area contributed by atoms with E-state index in [-0.39, 0.29) is 18.1 Å². The highest BCUT2D eigenvalue weighted by Gasteiger charge is 2.25. The molecule has 4 nitrogen and oxygen atoms in total. The number of rotatable bonds is 3. The van der Waals surface area contributed by atoms with Crippen molar-refractivity contribution in [3.05, 3.63) is 0 Å². The lowest BCUT2D eigenvalue weighted by molar-refractivity contribution is -0.138. The summed E-state index contributed by atoms with van der Waals surface area (Å²) < 4.78 is 0. The van der Waals surface area contributed by atoms with Gasteiger partial charge in [0.25, 0.3) is 0 Å². The van der Waals surface area contributed by atoms with E-state index in [2.05, 4.69) is 0 Å². The zero-order valence-electron chi connectivity index (χ0n) is 9.23. The number of hydrogen-bond acceptors (Lipinski definition) is 3. The number of piperazine rings is 1. The summed E-state index contributed by atoms with van der Waals surface area (Å²) in [6.07, 6.45) is -0.353. The average molecular weight is 200 g/mol. The predicted molar refractivity (Wildman–Crippen MR) is 55.0 cm³/mol. The first kappa shape index (κ1) is 11.5. The summed E-state index contributed by atoms with van der Waals surface area (Å²) in [4.78, 5) is 15.5. The Hall–Kier alpha value is -0.610. The molecule has 0 bridgehead atoms. The van der Waals surface area contributed by atoms with Crippen molar-refractivity contribution in [3.63, 3.8) is 0 Å². The van der Waals surface area contributed by atoms with Crippen LogP contribution in [-0.4, -0.2) is 59.1 Å². The number of nitrogens with zero attached hydrogens (tertiary/aromatic N) is 2. The van der Waals surface area contributed by atoms with Crippen LogP contribution in [0.1, 0.15) is 20.8 Å². The van der Waals surface area contributed by atoms with Gasteiger partial charge < -0.3 is 10.0 Å². The number of amides is 1. The molecule has 1 rings (SSSR count). The van der Waals surface area contributed by atoms with E-state index in [1.807, 2.05) is 23.6 Å². The normalized spacial score (nSPS) is 21.8. The monoisotopic (exact) mass is 200 g/mol. The van der Waals surface area contributed by atoms with Gasteiger partial charge in [-0.3, -0.25) is 9.69 Å². The van der Waals surface area contributed by atoms with E-state index >= 15 is 0 Å². The van der Waals surface area contributed by atoms with Gasteiger partial charge in [0, 0.05) is 25.7 Å². The van der Waals surface area contributed by atoms with Crippen LogP contribution >= 0.6 is 0 Å². The summed E-state index contributed by atoms with van der Waals surface area (Å²) in [5.74, 6) is 0.173. The fourth-order valence-electron chi connectivity index (χ4n) is 1.81. The zero-order chi connectivity index (χ0) is 10.7. The van der Waals surface area contributed by atoms with Crippen LogP contribution in [0.5, 0.6) is 0 Å². The van der Waals surface area contributed by atoms with E-state index < -0.39 is 0 Å². The quantitative estimate of drug-likeness (QED) is 0.693. The van der Waals surface area contributed by atoms with Crippen LogP contribution < -0.4 is 0 Å². The molecule has 1 aliphatic rings. The maximum absolute atomic E-state index is 11.6. The van der Waals surface area contributed by atoms with Gasteiger partial charge in [0.05, 0.1) is 12.6 Å². The first-order valence-electron chi connectivity index (χ1n) is 5.20. The maximum Gasteiger partial charge on any atom is 0.237 e. The molecule has 0 radical (unpaired) electrons. The molecule has 0 aliphatic carbocycles. The molecule has 1 unspecified atom stereocenters. The molecule has 1 amide bonds. The first-order valence-corrected chi connectivity index (χ1v) is 5.20. The summed E-state index contributed by atoms with van der Waals surface area (Å²) in [5.41, 5.74) is 0. The Kier molecular flexibility index (Phi) is 3.89. The summed E-state index contributed by atoms with van der Waals surface area (Å²) in [6.45, 7) is 8.50. The smallest absolute Gasteiger partial charge is 0.237 e. The Labute approximate surface area is 85.5 Å². The van der Waals surface area contributed by atoms with Crippen molar-refractivity contribution in [1.82, 2.24) is 9.80 Å². The minimum absolute atomic E-state index is 0.173. The minimum atomic E-state index is -0.353. The summed E-state index contributed by atoms with van der Waals surface area (Å²) in [6, 6.07) is 0.288. The second-order valence-electron chi connectivity index (χ2n) is 4.27. The lowest BCUT2D eigenvalue weighted by atomic mass is 10.2. The third-order valence-electron chi connectivity index (χ3n) is 2.48. The first-order chi connectivity index (χ1) is 6.50. The summed E-state index contributed by atoms with van der Waals surface area (Å²) >= 11 is 0. The molecule has 0 spiro atoms. The Morgan fingerprint density at radius 2 is 2.00 bits per heavy atom. The number of aliphatic hydroxyl groups excluding tert-OH is 1. The van der Waals surface area contributed by atoms with Crippen LogP contribution in [0.4, 0.5) is 0 Å². The van der Waals surface area contributed by atoms with Crippen molar-refractivity contribution in [1.29, 1.82) is 0 Å². The lowest BCUT2D eigenvalue weighted by Gasteiger charge is -2.37. The molecular weight excluding hydrogens is 180 g/mol. The highest BCUT2D eigenvalue weighted by atomic mass is 16.3. The van der Waals surface area contributed by atoms with E-state index in [0.29, 0.717) is 13.1 Å². The van der Waals surface area contributed by atoms with Crippen molar-refractivity contribution in [2.75, 3.05) is 26.2 Å². The highest BCUT2D eigenvalue weighted by Crippen LogP contribution is 2.07. The van der Waals surface area contributed by atoms with Gasteiger partial charge in [-0.25, -0.2) is 0 Å². The number of carbonyl (C=O) groups excluding carboxylic acids is 1. The van der Waals surface area contributed by atoms with Crippen LogP contribution in [0.2, 0.25) is 0 Å². The van der Waals surface area contributed by atoms with Gasteiger partial charge in [-0.1, -0.05) is 0 Å². The van der Waals surface area contributed by atoms with Gasteiger partial charge in [0.15, 0.2) is 0 Å². The van der Waals surface area contributed by atoms with Gasteiger partial charge in [-0.05, 0) is 20.8 Å². The van der Waals surface area contributed by atoms with Crippen LogP contribution in [0, 0.1) is 0 Å². The molecule has 1 atom stereocenters. The number of β-amino-alcohol motifs (C(OH)–C–C–N with tert-alkyl or cyclic N) is 1. The summed E-state index contributed by atoms with van der Waals surface area (Å²) in [7, 11) is 0. The van der Waals surface area contributed by atoms with Gasteiger partial charge in [0.2, 0.25) is 5.91 Å². The van der Waals surface area contributed by atoms with E-state index in [9.17, 15) is 9.90 Å². The van der Waals surface area contributed by atoms with E-state index in [0.717, 1.165) is 13.1 Å². The van der Waals surface area contributed by atoms with Crippen molar-refractivity contribution in [2.24, 2.45) is 0 Å². The van der Waals surface area contributed by atoms with Crippen molar-refractivity contribution in [3.8, 4) is 0 Å². The Morgan fingerprint density at radius 1 is 1.36 bits per heavy atom. The summed E-state index contributed by atoms with van der Waals surface area (Å²) in [5, 5.41) is 9.20. The Balaban J connectivity index is 2.43. The van der Waals surface area contributed by atoms with Gasteiger partial charge in [-0.2, -0.15) is 0 Å². The zero-order valence-corrected chi connectivity index (χ0v) is 9.23. The molecule has 1 N–H and O–H groups in total. The number of carbonyl (C=O) groups is 1. The Bertz CT molecular complexity index is 204. The SMILES string of the molecule is CC(O)CN1CCN(C(C)C)C(=O)C1. The molecular formula is C10H20N2O2. The molecule has 0 aromatic rings. The van der Waals surface area contributed by atoms with Gasteiger partial charge in [0.1, 0.15) is 0 Å². The largest absolute Gasteiger partial charge is 0.392 e. The van der Waals surface area contributed by atoms with Crippen molar-refractivity contribution < 1.29 is 9.90 Å². The standard InChI is InChI=1S/C10H20N2O2/c1-8(2)12-5-4-11(6-9(3)13)7-10(12)14/h8-9,13H,4-7H2,1-3H3. The third kappa shape index (κ3) is 2.96. The second kappa shape index (κ2) is 4.75. The van der Waals surface area contributed by atoms with Crippen LogP contribution in [-0.2, 0) is 4.79 Å². The predicted octanol–water partition coefficient (Wildman–Crippen LogP) is -0.0802. The maximum atomic E-state index is 11.6. The molecule has 82 valence electrons. The third-order valence-corrected chi connectivity index (χ3v) is 2.48. The van der Waals surface area contributed by atoms with Gasteiger partial charge >= 0.3 is 0 Å². The molecule has 1 heterocycles. The topological polar surface area (TPSA) is 43.8 Å². The van der Waals surface area contributed by atoms with Crippen molar-refractivity contribution in [2.45, 2.75) is 32.9 Å².